The zero-order valence-electron chi connectivity index (χ0n) is 16.8. The van der Waals surface area contributed by atoms with Crippen LogP contribution >= 0.6 is 0 Å². The first-order valence-electron chi connectivity index (χ1n) is 9.96. The molecule has 2 aromatic carbocycles. The van der Waals surface area contributed by atoms with Gasteiger partial charge in [-0.05, 0) is 54.7 Å². The maximum Gasteiger partial charge on any atom is 0.251 e. The van der Waals surface area contributed by atoms with Crippen molar-refractivity contribution in [2.75, 3.05) is 26.7 Å². The summed E-state index contributed by atoms with van der Waals surface area (Å²) in [6.07, 6.45) is 3.67. The Morgan fingerprint density at radius 2 is 1.59 bits per heavy atom. The fraction of sp³-hybridized carbons (Fsp3) is 0.409. The minimum absolute atomic E-state index is 0.0215. The molecule has 6 nitrogen and oxygen atoms in total. The zero-order chi connectivity index (χ0) is 20.7. The fourth-order valence-electron chi connectivity index (χ4n) is 3.41. The van der Waals surface area contributed by atoms with Gasteiger partial charge in [0.25, 0.3) is 5.91 Å². The van der Waals surface area contributed by atoms with Crippen molar-refractivity contribution in [1.82, 2.24) is 9.62 Å². The first-order valence-corrected chi connectivity index (χ1v) is 11.6. The van der Waals surface area contributed by atoms with Gasteiger partial charge in [0, 0.05) is 25.2 Å². The molecule has 156 valence electrons. The van der Waals surface area contributed by atoms with Gasteiger partial charge in [0.1, 0.15) is 5.75 Å². The van der Waals surface area contributed by atoms with Gasteiger partial charge in [0.15, 0.2) is 0 Å². The first-order chi connectivity index (χ1) is 14.0. The highest BCUT2D eigenvalue weighted by atomic mass is 32.2. The van der Waals surface area contributed by atoms with Crippen molar-refractivity contribution in [3.8, 4) is 5.75 Å². The second-order valence-corrected chi connectivity index (χ2v) is 9.24. The van der Waals surface area contributed by atoms with E-state index in [1.165, 1.54) is 0 Å². The van der Waals surface area contributed by atoms with Crippen LogP contribution in [0.25, 0.3) is 0 Å². The molecular formula is C22H28N2O4S. The lowest BCUT2D eigenvalue weighted by molar-refractivity contribution is 0.0954. The number of benzene rings is 2. The van der Waals surface area contributed by atoms with E-state index in [0.29, 0.717) is 30.8 Å². The van der Waals surface area contributed by atoms with Crippen molar-refractivity contribution >= 4 is 15.9 Å². The summed E-state index contributed by atoms with van der Waals surface area (Å²) in [7, 11) is -1.67. The second kappa shape index (κ2) is 9.89. The van der Waals surface area contributed by atoms with Crippen molar-refractivity contribution in [2.24, 2.45) is 0 Å². The molecule has 3 rings (SSSR count). The van der Waals surface area contributed by atoms with Crippen LogP contribution in [0.4, 0.5) is 0 Å². The molecule has 1 aliphatic rings. The van der Waals surface area contributed by atoms with Crippen LogP contribution in [0.15, 0.2) is 48.5 Å². The number of ether oxygens (including phenoxy) is 1. The SMILES string of the molecule is COc1ccc(CCNC(=O)c2ccc(CS(=O)(=O)N3CCCCC3)cc2)cc1. The minimum Gasteiger partial charge on any atom is -0.497 e. The molecule has 1 amide bonds. The van der Waals surface area contributed by atoms with Crippen LogP contribution in [-0.2, 0) is 22.2 Å². The normalized spacial score (nSPS) is 15.1. The number of sulfonamides is 1. The predicted octanol–water partition coefficient (Wildman–Crippen LogP) is 2.98. The molecule has 0 saturated carbocycles. The van der Waals surface area contributed by atoms with Gasteiger partial charge >= 0.3 is 0 Å². The summed E-state index contributed by atoms with van der Waals surface area (Å²) in [5.41, 5.74) is 2.34. The number of amides is 1. The van der Waals surface area contributed by atoms with Crippen LogP contribution in [-0.4, -0.2) is 45.4 Å². The Hall–Kier alpha value is -2.38. The van der Waals surface area contributed by atoms with Crippen LogP contribution in [0.2, 0.25) is 0 Å². The Bertz CT molecular complexity index is 903. The van der Waals surface area contributed by atoms with Crippen molar-refractivity contribution in [2.45, 2.75) is 31.4 Å². The van der Waals surface area contributed by atoms with Gasteiger partial charge in [0.05, 0.1) is 12.9 Å². The van der Waals surface area contributed by atoms with Gasteiger partial charge in [-0.2, -0.15) is 0 Å². The molecule has 0 aliphatic carbocycles. The number of carbonyl (C=O) groups is 1. The predicted molar refractivity (Wildman–Crippen MR) is 114 cm³/mol. The van der Waals surface area contributed by atoms with Crippen molar-refractivity contribution < 1.29 is 17.9 Å². The lowest BCUT2D eigenvalue weighted by Gasteiger charge is -2.25. The van der Waals surface area contributed by atoms with Gasteiger partial charge in [0.2, 0.25) is 10.0 Å². The van der Waals surface area contributed by atoms with Crippen molar-refractivity contribution in [3.05, 3.63) is 65.2 Å². The van der Waals surface area contributed by atoms with Crippen LogP contribution in [0, 0.1) is 0 Å². The first kappa shape index (κ1) is 21.3. The summed E-state index contributed by atoms with van der Waals surface area (Å²) in [5.74, 6) is 0.621. The van der Waals surface area contributed by atoms with Crippen LogP contribution < -0.4 is 10.1 Å². The summed E-state index contributed by atoms with van der Waals surface area (Å²) >= 11 is 0. The number of rotatable bonds is 8. The van der Waals surface area contributed by atoms with E-state index in [1.54, 1.807) is 35.7 Å². The number of nitrogens with zero attached hydrogens (tertiary/aromatic N) is 1. The molecule has 1 heterocycles. The van der Waals surface area contributed by atoms with E-state index in [-0.39, 0.29) is 11.7 Å². The van der Waals surface area contributed by atoms with E-state index >= 15 is 0 Å². The third kappa shape index (κ3) is 6.05. The number of carbonyl (C=O) groups excluding carboxylic acids is 1. The molecule has 0 aromatic heterocycles. The smallest absolute Gasteiger partial charge is 0.251 e. The van der Waals surface area contributed by atoms with Gasteiger partial charge in [-0.1, -0.05) is 30.7 Å². The van der Waals surface area contributed by atoms with E-state index in [0.717, 1.165) is 37.0 Å². The third-order valence-electron chi connectivity index (χ3n) is 5.13. The van der Waals surface area contributed by atoms with Crippen molar-refractivity contribution in [3.63, 3.8) is 0 Å². The van der Waals surface area contributed by atoms with Gasteiger partial charge in [-0.3, -0.25) is 4.79 Å². The molecule has 1 fully saturated rings. The standard InChI is InChI=1S/C22H28N2O4S/c1-28-21-11-7-18(8-12-21)13-14-23-22(25)20-9-5-19(6-10-20)17-29(26,27)24-15-3-2-4-16-24/h5-12H,2-4,13-17H2,1H3,(H,23,25). The topological polar surface area (TPSA) is 75.7 Å². The lowest BCUT2D eigenvalue weighted by Crippen LogP contribution is -2.36. The van der Waals surface area contributed by atoms with Gasteiger partial charge < -0.3 is 10.1 Å². The van der Waals surface area contributed by atoms with E-state index in [4.69, 9.17) is 4.74 Å². The molecule has 0 spiro atoms. The fourth-order valence-corrected chi connectivity index (χ4v) is 5.02. The van der Waals surface area contributed by atoms with E-state index in [2.05, 4.69) is 5.32 Å². The highest BCUT2D eigenvalue weighted by Gasteiger charge is 2.24. The maximum absolute atomic E-state index is 12.5. The molecule has 0 bridgehead atoms. The van der Waals surface area contributed by atoms with E-state index in [1.807, 2.05) is 24.3 Å². The molecule has 0 unspecified atom stereocenters. The Labute approximate surface area is 172 Å². The largest absolute Gasteiger partial charge is 0.497 e. The summed E-state index contributed by atoms with van der Waals surface area (Å²) < 4.78 is 31.8. The average Bonchev–Trinajstić information content (AvgIpc) is 2.75. The molecule has 1 saturated heterocycles. The summed E-state index contributed by atoms with van der Waals surface area (Å²) in [6.45, 7) is 1.74. The Morgan fingerprint density at radius 3 is 2.21 bits per heavy atom. The number of piperidine rings is 1. The van der Waals surface area contributed by atoms with E-state index in [9.17, 15) is 13.2 Å². The van der Waals surface area contributed by atoms with Gasteiger partial charge in [-0.15, -0.1) is 0 Å². The van der Waals surface area contributed by atoms with Crippen LogP contribution in [0.5, 0.6) is 5.75 Å². The third-order valence-corrected chi connectivity index (χ3v) is 6.98. The number of hydrogen-bond acceptors (Lipinski definition) is 4. The molecule has 0 radical (unpaired) electrons. The van der Waals surface area contributed by atoms with Crippen LogP contribution in [0.1, 0.15) is 40.7 Å². The quantitative estimate of drug-likeness (QED) is 0.718. The summed E-state index contributed by atoms with van der Waals surface area (Å²) in [5, 5.41) is 2.90. The number of hydrogen-bond donors (Lipinski definition) is 1. The Kier molecular flexibility index (Phi) is 7.28. The molecule has 2 aromatic rings. The summed E-state index contributed by atoms with van der Waals surface area (Å²) in [4.78, 5) is 12.3. The molecule has 1 aliphatic heterocycles. The maximum atomic E-state index is 12.5. The molecule has 1 N–H and O–H groups in total. The molecular weight excluding hydrogens is 388 g/mol. The average molecular weight is 417 g/mol. The molecule has 7 heteroatoms. The zero-order valence-corrected chi connectivity index (χ0v) is 17.6. The molecule has 29 heavy (non-hydrogen) atoms. The van der Waals surface area contributed by atoms with Gasteiger partial charge in [-0.25, -0.2) is 12.7 Å². The summed E-state index contributed by atoms with van der Waals surface area (Å²) in [6, 6.07) is 14.6. The monoisotopic (exact) mass is 416 g/mol. The Morgan fingerprint density at radius 1 is 0.966 bits per heavy atom. The highest BCUT2D eigenvalue weighted by molar-refractivity contribution is 7.88. The highest BCUT2D eigenvalue weighted by Crippen LogP contribution is 2.17. The number of nitrogens with one attached hydrogen (secondary N) is 1. The van der Waals surface area contributed by atoms with Crippen LogP contribution in [0.3, 0.4) is 0 Å². The van der Waals surface area contributed by atoms with Crippen molar-refractivity contribution in [1.29, 1.82) is 0 Å². The molecule has 0 atom stereocenters. The lowest BCUT2D eigenvalue weighted by atomic mass is 10.1. The minimum atomic E-state index is -3.30. The van der Waals surface area contributed by atoms with E-state index < -0.39 is 10.0 Å². The second-order valence-electron chi connectivity index (χ2n) is 7.27. The number of methoxy groups -OCH3 is 1. The Balaban J connectivity index is 1.50.